The second kappa shape index (κ2) is 8.47. The number of fused-ring (bicyclic) bond motifs is 1. The quantitative estimate of drug-likeness (QED) is 0.414. The van der Waals surface area contributed by atoms with Gasteiger partial charge in [-0.1, -0.05) is 30.3 Å². The van der Waals surface area contributed by atoms with Crippen molar-refractivity contribution in [3.63, 3.8) is 0 Å². The standard InChI is InChI=1S/C24H20N2O5S/c1-15-18(25-22(31-15)21-9-5-11-32-21)14-30-24(28)19-12-16-6-2-3-7-17(16)13-26(19)23(27)20-8-4-10-29-20/h2-11,19H,12-14H2,1H3/t19-/m0/s1. The molecule has 1 aliphatic rings. The van der Waals surface area contributed by atoms with Crippen LogP contribution in [0.15, 0.2) is 69.0 Å². The number of aromatic nitrogens is 1. The molecule has 0 fully saturated rings. The molecule has 0 spiro atoms. The van der Waals surface area contributed by atoms with Crippen LogP contribution < -0.4 is 0 Å². The van der Waals surface area contributed by atoms with Gasteiger partial charge in [-0.2, -0.15) is 0 Å². The lowest BCUT2D eigenvalue weighted by molar-refractivity contribution is -0.151. The number of hydrogen-bond donors (Lipinski definition) is 0. The zero-order valence-corrected chi connectivity index (χ0v) is 18.1. The van der Waals surface area contributed by atoms with Gasteiger partial charge in [0.05, 0.1) is 11.1 Å². The largest absolute Gasteiger partial charge is 0.459 e. The fourth-order valence-corrected chi connectivity index (χ4v) is 4.44. The van der Waals surface area contributed by atoms with Gasteiger partial charge in [0.1, 0.15) is 24.1 Å². The molecule has 5 rings (SSSR count). The minimum absolute atomic E-state index is 0.0273. The van der Waals surface area contributed by atoms with Gasteiger partial charge in [-0.05, 0) is 41.6 Å². The molecule has 7 nitrogen and oxygen atoms in total. The van der Waals surface area contributed by atoms with Crippen molar-refractivity contribution in [2.75, 3.05) is 0 Å². The second-order valence-electron chi connectivity index (χ2n) is 7.51. The predicted octanol–water partition coefficient (Wildman–Crippen LogP) is 4.62. The van der Waals surface area contributed by atoms with Crippen molar-refractivity contribution < 1.29 is 23.2 Å². The van der Waals surface area contributed by atoms with Crippen molar-refractivity contribution in [3.05, 3.63) is 88.5 Å². The first-order valence-electron chi connectivity index (χ1n) is 10.2. The molecular formula is C24H20N2O5S. The first kappa shape index (κ1) is 20.3. The fourth-order valence-electron chi connectivity index (χ4n) is 3.79. The first-order valence-corrected chi connectivity index (χ1v) is 11.1. The monoisotopic (exact) mass is 448 g/mol. The summed E-state index contributed by atoms with van der Waals surface area (Å²) in [5, 5.41) is 1.94. The molecule has 4 heterocycles. The number of benzene rings is 1. The van der Waals surface area contributed by atoms with Crippen molar-refractivity contribution in [1.29, 1.82) is 0 Å². The van der Waals surface area contributed by atoms with Crippen LogP contribution in [-0.2, 0) is 29.1 Å². The third kappa shape index (κ3) is 3.85. The highest BCUT2D eigenvalue weighted by Gasteiger charge is 2.37. The smallest absolute Gasteiger partial charge is 0.329 e. The van der Waals surface area contributed by atoms with Crippen molar-refractivity contribution in [3.8, 4) is 10.8 Å². The van der Waals surface area contributed by atoms with Crippen LogP contribution in [-0.4, -0.2) is 27.8 Å². The maximum absolute atomic E-state index is 13.1. The van der Waals surface area contributed by atoms with E-state index >= 15 is 0 Å². The highest BCUT2D eigenvalue weighted by molar-refractivity contribution is 7.13. The summed E-state index contributed by atoms with van der Waals surface area (Å²) in [7, 11) is 0. The van der Waals surface area contributed by atoms with Crippen LogP contribution in [0, 0.1) is 6.92 Å². The normalized spacial score (nSPS) is 15.4. The molecule has 4 aromatic rings. The number of furan rings is 1. The average Bonchev–Trinajstić information content (AvgIpc) is 3.58. The Kier molecular flexibility index (Phi) is 5.36. The van der Waals surface area contributed by atoms with Gasteiger partial charge < -0.3 is 18.5 Å². The van der Waals surface area contributed by atoms with E-state index in [2.05, 4.69) is 4.98 Å². The molecule has 0 bridgehead atoms. The lowest BCUT2D eigenvalue weighted by Crippen LogP contribution is -2.49. The van der Waals surface area contributed by atoms with E-state index in [0.29, 0.717) is 30.3 Å². The number of thiophene rings is 1. The predicted molar refractivity (Wildman–Crippen MR) is 117 cm³/mol. The van der Waals surface area contributed by atoms with Gasteiger partial charge in [0.15, 0.2) is 5.76 Å². The average molecular weight is 449 g/mol. The Morgan fingerprint density at radius 1 is 1.16 bits per heavy atom. The van der Waals surface area contributed by atoms with Crippen LogP contribution in [0.3, 0.4) is 0 Å². The Labute approximate surface area is 188 Å². The molecule has 1 atom stereocenters. The lowest BCUT2D eigenvalue weighted by Gasteiger charge is -2.34. The molecule has 0 N–H and O–H groups in total. The summed E-state index contributed by atoms with van der Waals surface area (Å²) in [6, 6.07) is 14.1. The summed E-state index contributed by atoms with van der Waals surface area (Å²) >= 11 is 1.52. The summed E-state index contributed by atoms with van der Waals surface area (Å²) < 4.78 is 16.6. The molecule has 0 unspecified atom stereocenters. The third-order valence-corrected chi connectivity index (χ3v) is 6.35. The molecule has 8 heteroatoms. The van der Waals surface area contributed by atoms with Crippen molar-refractivity contribution >= 4 is 23.2 Å². The number of aryl methyl sites for hydroxylation is 1. The number of rotatable bonds is 5. The molecule has 0 aliphatic carbocycles. The van der Waals surface area contributed by atoms with E-state index in [1.54, 1.807) is 19.1 Å². The Morgan fingerprint density at radius 2 is 2.00 bits per heavy atom. The SMILES string of the molecule is Cc1oc(-c2cccs2)nc1COC(=O)[C@@H]1Cc2ccccc2CN1C(=O)c1ccco1. The molecule has 1 aliphatic heterocycles. The maximum atomic E-state index is 13.1. The van der Waals surface area contributed by atoms with Crippen molar-refractivity contribution in [2.45, 2.75) is 32.5 Å². The highest BCUT2D eigenvalue weighted by atomic mass is 32.1. The molecule has 0 saturated heterocycles. The van der Waals surface area contributed by atoms with Gasteiger partial charge in [0, 0.05) is 13.0 Å². The van der Waals surface area contributed by atoms with Gasteiger partial charge in [-0.15, -0.1) is 11.3 Å². The molecule has 0 radical (unpaired) electrons. The number of carbonyl (C=O) groups excluding carboxylic acids is 2. The van der Waals surface area contributed by atoms with Gasteiger partial charge in [-0.25, -0.2) is 9.78 Å². The number of oxazole rings is 1. The second-order valence-corrected chi connectivity index (χ2v) is 8.45. The number of carbonyl (C=O) groups is 2. The Balaban J connectivity index is 1.35. The summed E-state index contributed by atoms with van der Waals surface area (Å²) in [5.41, 5.74) is 2.59. The van der Waals surface area contributed by atoms with E-state index in [9.17, 15) is 9.59 Å². The third-order valence-electron chi connectivity index (χ3n) is 5.49. The minimum Gasteiger partial charge on any atom is -0.459 e. The van der Waals surface area contributed by atoms with Crippen LogP contribution >= 0.6 is 11.3 Å². The summed E-state index contributed by atoms with van der Waals surface area (Å²) in [5.74, 6) is 0.460. The topological polar surface area (TPSA) is 85.8 Å². The van der Waals surface area contributed by atoms with Gasteiger partial charge >= 0.3 is 5.97 Å². The van der Waals surface area contributed by atoms with Crippen LogP contribution in [0.4, 0.5) is 0 Å². The number of amides is 1. The molecule has 3 aromatic heterocycles. The molecule has 32 heavy (non-hydrogen) atoms. The lowest BCUT2D eigenvalue weighted by atomic mass is 9.93. The molecule has 1 aromatic carbocycles. The molecule has 1 amide bonds. The zero-order chi connectivity index (χ0) is 22.1. The van der Waals surface area contributed by atoms with E-state index in [1.165, 1.54) is 22.5 Å². The van der Waals surface area contributed by atoms with E-state index < -0.39 is 12.0 Å². The van der Waals surface area contributed by atoms with E-state index in [1.807, 2.05) is 41.8 Å². The van der Waals surface area contributed by atoms with Crippen LogP contribution in [0.5, 0.6) is 0 Å². The zero-order valence-electron chi connectivity index (χ0n) is 17.3. The summed E-state index contributed by atoms with van der Waals surface area (Å²) in [6.45, 7) is 2.07. The first-order chi connectivity index (χ1) is 15.6. The Bertz CT molecular complexity index is 1240. The van der Waals surface area contributed by atoms with Gasteiger partial charge in [0.2, 0.25) is 5.89 Å². The summed E-state index contributed by atoms with van der Waals surface area (Å²) in [4.78, 5) is 33.0. The molecular weight excluding hydrogens is 428 g/mol. The van der Waals surface area contributed by atoms with Gasteiger partial charge in [-0.3, -0.25) is 4.79 Å². The minimum atomic E-state index is -0.758. The van der Waals surface area contributed by atoms with Crippen LogP contribution in [0.25, 0.3) is 10.8 Å². The van der Waals surface area contributed by atoms with Crippen LogP contribution in [0.1, 0.15) is 33.1 Å². The van der Waals surface area contributed by atoms with E-state index in [4.69, 9.17) is 13.6 Å². The number of esters is 1. The molecule has 0 saturated carbocycles. The molecule has 162 valence electrons. The van der Waals surface area contributed by atoms with E-state index in [-0.39, 0.29) is 18.3 Å². The number of ether oxygens (including phenoxy) is 1. The van der Waals surface area contributed by atoms with Crippen molar-refractivity contribution in [1.82, 2.24) is 9.88 Å². The van der Waals surface area contributed by atoms with Crippen molar-refractivity contribution in [2.24, 2.45) is 0 Å². The number of hydrogen-bond acceptors (Lipinski definition) is 7. The van der Waals surface area contributed by atoms with Gasteiger partial charge in [0.25, 0.3) is 5.91 Å². The summed E-state index contributed by atoms with van der Waals surface area (Å²) in [6.07, 6.45) is 1.82. The maximum Gasteiger partial charge on any atom is 0.329 e. The van der Waals surface area contributed by atoms with Crippen LogP contribution in [0.2, 0.25) is 0 Å². The highest BCUT2D eigenvalue weighted by Crippen LogP contribution is 2.28. The fraction of sp³-hybridized carbons (Fsp3) is 0.208. The Morgan fingerprint density at radius 3 is 2.75 bits per heavy atom. The Hall–Kier alpha value is -3.65. The van der Waals surface area contributed by atoms with E-state index in [0.717, 1.165) is 16.0 Å². The number of nitrogens with zero attached hydrogens (tertiary/aromatic N) is 2.